The van der Waals surface area contributed by atoms with Crippen LogP contribution in [0.25, 0.3) is 0 Å². The molecule has 0 aromatic heterocycles. The number of benzene rings is 1. The van der Waals surface area contributed by atoms with Crippen LogP contribution in [0.4, 0.5) is 0 Å². The first-order valence-corrected chi connectivity index (χ1v) is 5.27. The summed E-state index contributed by atoms with van der Waals surface area (Å²) in [6, 6.07) is 5.81. The Morgan fingerprint density at radius 2 is 2.21 bits per heavy atom. The largest absolute Gasteiger partial charge is 0.494 e. The minimum atomic E-state index is 0.665. The summed E-state index contributed by atoms with van der Waals surface area (Å²) in [5.41, 5.74) is 6.58. The van der Waals surface area contributed by atoms with Gasteiger partial charge >= 0.3 is 0 Å². The molecule has 0 radical (unpaired) electrons. The monoisotopic (exact) mass is 213 g/mol. The Labute approximate surface area is 90.0 Å². The number of hydrogen-bond donors (Lipinski definition) is 1. The molecule has 0 bridgehead atoms. The molecule has 2 nitrogen and oxygen atoms in total. The van der Waals surface area contributed by atoms with Gasteiger partial charge in [0, 0.05) is 5.02 Å². The molecular weight excluding hydrogens is 198 g/mol. The van der Waals surface area contributed by atoms with Crippen LogP contribution in [0.3, 0.4) is 0 Å². The van der Waals surface area contributed by atoms with E-state index in [9.17, 15) is 0 Å². The lowest BCUT2D eigenvalue weighted by molar-refractivity contribution is 0.340. The number of halogens is 1. The predicted octanol–water partition coefficient (Wildman–Crippen LogP) is 2.63. The molecule has 0 spiro atoms. The Morgan fingerprint density at radius 1 is 1.43 bits per heavy atom. The lowest BCUT2D eigenvalue weighted by Crippen LogP contribution is -2.00. The number of rotatable bonds is 5. The molecular formula is C11H16ClNO. The fourth-order valence-corrected chi connectivity index (χ4v) is 1.54. The molecule has 78 valence electrons. The molecule has 0 saturated heterocycles. The van der Waals surface area contributed by atoms with Crippen LogP contribution in [0, 0.1) is 0 Å². The van der Waals surface area contributed by atoms with Crippen molar-refractivity contribution >= 4 is 11.6 Å². The Bertz CT molecular complexity index is 289. The Morgan fingerprint density at radius 3 is 2.79 bits per heavy atom. The molecule has 0 fully saturated rings. The number of nitrogens with two attached hydrogens (primary N) is 1. The molecule has 2 N–H and O–H groups in total. The highest BCUT2D eigenvalue weighted by Crippen LogP contribution is 2.23. The van der Waals surface area contributed by atoms with Crippen LogP contribution in [-0.2, 0) is 6.42 Å². The molecule has 1 aromatic rings. The van der Waals surface area contributed by atoms with Crippen molar-refractivity contribution in [1.29, 1.82) is 0 Å². The third kappa shape index (κ3) is 3.20. The first-order chi connectivity index (χ1) is 6.77. The standard InChI is InChI=1S/C11H16ClNO/c1-2-14-10-6-5-9(4-3-7-13)11(12)8-10/h5-6,8H,2-4,7,13H2,1H3. The van der Waals surface area contributed by atoms with Crippen molar-refractivity contribution in [2.24, 2.45) is 5.73 Å². The molecule has 0 unspecified atom stereocenters. The van der Waals surface area contributed by atoms with E-state index in [2.05, 4.69) is 0 Å². The Balaban J connectivity index is 2.68. The highest BCUT2D eigenvalue weighted by Gasteiger charge is 2.01. The van der Waals surface area contributed by atoms with Gasteiger partial charge in [0.1, 0.15) is 5.75 Å². The van der Waals surface area contributed by atoms with Gasteiger partial charge < -0.3 is 10.5 Å². The van der Waals surface area contributed by atoms with Crippen LogP contribution >= 0.6 is 11.6 Å². The van der Waals surface area contributed by atoms with Crippen molar-refractivity contribution in [3.8, 4) is 5.75 Å². The van der Waals surface area contributed by atoms with Crippen molar-refractivity contribution in [1.82, 2.24) is 0 Å². The van der Waals surface area contributed by atoms with E-state index in [4.69, 9.17) is 22.1 Å². The second-order valence-corrected chi connectivity index (χ2v) is 3.49. The zero-order valence-corrected chi connectivity index (χ0v) is 9.18. The fourth-order valence-electron chi connectivity index (χ4n) is 1.28. The molecule has 1 rings (SSSR count). The van der Waals surface area contributed by atoms with E-state index < -0.39 is 0 Å². The van der Waals surface area contributed by atoms with Crippen LogP contribution in [0.2, 0.25) is 5.02 Å². The number of ether oxygens (including phenoxy) is 1. The third-order valence-electron chi connectivity index (χ3n) is 1.99. The quantitative estimate of drug-likeness (QED) is 0.816. The normalized spacial score (nSPS) is 10.2. The number of aryl methyl sites for hydroxylation is 1. The smallest absolute Gasteiger partial charge is 0.120 e. The molecule has 0 aliphatic carbocycles. The van der Waals surface area contributed by atoms with Crippen molar-refractivity contribution in [3.63, 3.8) is 0 Å². The molecule has 3 heteroatoms. The summed E-state index contributed by atoms with van der Waals surface area (Å²) < 4.78 is 5.34. The lowest BCUT2D eigenvalue weighted by atomic mass is 10.1. The summed E-state index contributed by atoms with van der Waals surface area (Å²) in [6.07, 6.45) is 1.90. The Kier molecular flexibility index (Phi) is 4.77. The molecule has 0 atom stereocenters. The zero-order valence-electron chi connectivity index (χ0n) is 8.42. The van der Waals surface area contributed by atoms with Crippen molar-refractivity contribution in [3.05, 3.63) is 28.8 Å². The van der Waals surface area contributed by atoms with Gasteiger partial charge in [0.2, 0.25) is 0 Å². The van der Waals surface area contributed by atoms with E-state index in [1.165, 1.54) is 0 Å². The van der Waals surface area contributed by atoms with Crippen molar-refractivity contribution < 1.29 is 4.74 Å². The minimum absolute atomic E-state index is 0.665. The van der Waals surface area contributed by atoms with Crippen LogP contribution < -0.4 is 10.5 Å². The lowest BCUT2D eigenvalue weighted by Gasteiger charge is -2.07. The van der Waals surface area contributed by atoms with Gasteiger partial charge in [-0.05, 0) is 44.0 Å². The van der Waals surface area contributed by atoms with Gasteiger partial charge in [-0.3, -0.25) is 0 Å². The Hall–Kier alpha value is -0.730. The van der Waals surface area contributed by atoms with Crippen molar-refractivity contribution in [2.75, 3.05) is 13.2 Å². The summed E-state index contributed by atoms with van der Waals surface area (Å²) in [6.45, 7) is 3.32. The van der Waals surface area contributed by atoms with Gasteiger partial charge in [0.25, 0.3) is 0 Å². The molecule has 0 saturated carbocycles. The summed E-state index contributed by atoms with van der Waals surface area (Å²) >= 11 is 6.08. The van der Waals surface area contributed by atoms with Gasteiger partial charge in [-0.2, -0.15) is 0 Å². The average molecular weight is 214 g/mol. The van der Waals surface area contributed by atoms with E-state index >= 15 is 0 Å². The van der Waals surface area contributed by atoms with Crippen LogP contribution in [0.15, 0.2) is 18.2 Å². The summed E-state index contributed by atoms with van der Waals surface area (Å²) in [4.78, 5) is 0. The molecule has 0 heterocycles. The molecule has 1 aromatic carbocycles. The second kappa shape index (κ2) is 5.89. The van der Waals surface area contributed by atoms with E-state index in [0.717, 1.165) is 29.2 Å². The molecule has 14 heavy (non-hydrogen) atoms. The fraction of sp³-hybridized carbons (Fsp3) is 0.455. The third-order valence-corrected chi connectivity index (χ3v) is 2.34. The van der Waals surface area contributed by atoms with Crippen LogP contribution in [0.5, 0.6) is 5.75 Å². The van der Waals surface area contributed by atoms with Crippen LogP contribution in [0.1, 0.15) is 18.9 Å². The summed E-state index contributed by atoms with van der Waals surface area (Å²) in [5.74, 6) is 0.828. The maximum Gasteiger partial charge on any atom is 0.120 e. The van der Waals surface area contributed by atoms with Gasteiger partial charge in [-0.15, -0.1) is 0 Å². The first-order valence-electron chi connectivity index (χ1n) is 4.89. The minimum Gasteiger partial charge on any atom is -0.494 e. The summed E-state index contributed by atoms with van der Waals surface area (Å²) in [7, 11) is 0. The average Bonchev–Trinajstić information content (AvgIpc) is 2.17. The SMILES string of the molecule is CCOc1ccc(CCCN)c(Cl)c1. The van der Waals surface area contributed by atoms with E-state index in [1.54, 1.807) is 0 Å². The van der Waals surface area contributed by atoms with E-state index in [-0.39, 0.29) is 0 Å². The van der Waals surface area contributed by atoms with Crippen LogP contribution in [-0.4, -0.2) is 13.2 Å². The van der Waals surface area contributed by atoms with Crippen molar-refractivity contribution in [2.45, 2.75) is 19.8 Å². The highest BCUT2D eigenvalue weighted by atomic mass is 35.5. The zero-order chi connectivity index (χ0) is 10.4. The van der Waals surface area contributed by atoms with Gasteiger partial charge in [-0.1, -0.05) is 17.7 Å². The molecule has 0 aliphatic heterocycles. The highest BCUT2D eigenvalue weighted by molar-refractivity contribution is 6.31. The maximum absolute atomic E-state index is 6.08. The topological polar surface area (TPSA) is 35.2 Å². The summed E-state index contributed by atoms with van der Waals surface area (Å²) in [5, 5.41) is 0.768. The second-order valence-electron chi connectivity index (χ2n) is 3.08. The first kappa shape index (κ1) is 11.3. The van der Waals surface area contributed by atoms with E-state index in [1.807, 2.05) is 25.1 Å². The van der Waals surface area contributed by atoms with Gasteiger partial charge in [0.15, 0.2) is 0 Å². The van der Waals surface area contributed by atoms with E-state index in [0.29, 0.717) is 13.2 Å². The molecule has 0 aliphatic rings. The van der Waals surface area contributed by atoms with Gasteiger partial charge in [0.05, 0.1) is 6.61 Å². The predicted molar refractivity (Wildman–Crippen MR) is 60.0 cm³/mol. The number of hydrogen-bond acceptors (Lipinski definition) is 2. The molecule has 0 amide bonds. The maximum atomic E-state index is 6.08. The van der Waals surface area contributed by atoms with Gasteiger partial charge in [-0.25, -0.2) is 0 Å².